The molecule has 0 aliphatic carbocycles. The van der Waals surface area contributed by atoms with Crippen LogP contribution in [0.15, 0.2) is 53.4 Å². The summed E-state index contributed by atoms with van der Waals surface area (Å²) in [6.07, 6.45) is 2.13. The zero-order chi connectivity index (χ0) is 17.5. The highest BCUT2D eigenvalue weighted by atomic mass is 32.2. The first-order valence-corrected chi connectivity index (χ1v) is 9.31. The normalized spacial score (nSPS) is 12.2. The number of carbonyl (C=O) groups is 1. The van der Waals surface area contributed by atoms with E-state index in [1.165, 1.54) is 0 Å². The first kappa shape index (κ1) is 18.6. The first-order valence-electron chi connectivity index (χ1n) is 8.09. The Hall–Kier alpha value is -1.78. The predicted molar refractivity (Wildman–Crippen MR) is 101 cm³/mol. The number of carbonyl (C=O) groups excluding carboxylic acids is 1. The Balaban J connectivity index is 2.39. The summed E-state index contributed by atoms with van der Waals surface area (Å²) in [5, 5.41) is 0. The Morgan fingerprint density at radius 1 is 1.17 bits per heavy atom. The molecule has 4 heteroatoms. The van der Waals surface area contributed by atoms with Crippen LogP contribution >= 0.6 is 11.8 Å². The van der Waals surface area contributed by atoms with Crippen LogP contribution in [-0.2, 0) is 9.53 Å². The number of thioether (sulfide) groups is 1. The van der Waals surface area contributed by atoms with Gasteiger partial charge >= 0.3 is 0 Å². The van der Waals surface area contributed by atoms with Gasteiger partial charge in [-0.2, -0.15) is 0 Å². The van der Waals surface area contributed by atoms with Crippen LogP contribution in [0, 0.1) is 12.0 Å². The van der Waals surface area contributed by atoms with Gasteiger partial charge in [0, 0.05) is 10.6 Å². The lowest BCUT2D eigenvalue weighted by molar-refractivity contribution is -0.123. The number of hydrogen-bond acceptors (Lipinski definition) is 3. The van der Waals surface area contributed by atoms with Crippen LogP contribution in [0.25, 0.3) is 0 Å². The molecule has 0 fully saturated rings. The molecule has 1 radical (unpaired) electrons. The third-order valence-electron chi connectivity index (χ3n) is 3.61. The van der Waals surface area contributed by atoms with Gasteiger partial charge in [-0.25, -0.2) is 0 Å². The molecule has 1 atom stereocenters. The summed E-state index contributed by atoms with van der Waals surface area (Å²) in [5.74, 6) is -0.199. The Labute approximate surface area is 149 Å². The molecule has 0 aliphatic heterocycles. The Morgan fingerprint density at radius 3 is 2.46 bits per heavy atom. The van der Waals surface area contributed by atoms with Crippen molar-refractivity contribution in [1.29, 1.82) is 0 Å². The van der Waals surface area contributed by atoms with Crippen molar-refractivity contribution < 1.29 is 9.53 Å². The standard InChI is InChI=1S/C20H24NO2S/c1-15(2)23-14-16(3)20(22)21(17-10-6-5-7-11-17)18-12-8-9-13-19(18)24-4/h6-13,15-16H,14H2,1-4H3. The van der Waals surface area contributed by atoms with Crippen molar-refractivity contribution in [2.24, 2.45) is 5.92 Å². The second-order valence-electron chi connectivity index (χ2n) is 5.89. The molecule has 0 spiro atoms. The van der Waals surface area contributed by atoms with Gasteiger partial charge in [-0.3, -0.25) is 9.69 Å². The molecule has 2 aromatic rings. The van der Waals surface area contributed by atoms with Crippen molar-refractivity contribution in [3.8, 4) is 0 Å². The van der Waals surface area contributed by atoms with Gasteiger partial charge < -0.3 is 4.74 Å². The molecule has 0 aliphatic rings. The van der Waals surface area contributed by atoms with Gasteiger partial charge in [-0.05, 0) is 50.4 Å². The molecule has 0 N–H and O–H groups in total. The molecular weight excluding hydrogens is 318 g/mol. The van der Waals surface area contributed by atoms with Crippen LogP contribution in [0.5, 0.6) is 0 Å². The highest BCUT2D eigenvalue weighted by Crippen LogP contribution is 2.34. The average Bonchev–Trinajstić information content (AvgIpc) is 2.61. The van der Waals surface area contributed by atoms with Gasteiger partial charge in [0.2, 0.25) is 5.91 Å². The minimum Gasteiger partial charge on any atom is -0.378 e. The molecule has 2 rings (SSSR count). The average molecular weight is 342 g/mol. The van der Waals surface area contributed by atoms with E-state index in [0.29, 0.717) is 6.61 Å². The molecule has 24 heavy (non-hydrogen) atoms. The summed E-state index contributed by atoms with van der Waals surface area (Å²) >= 11 is 1.63. The van der Waals surface area contributed by atoms with Gasteiger partial charge in [0.05, 0.1) is 24.3 Å². The number of ether oxygens (including phenoxy) is 1. The van der Waals surface area contributed by atoms with E-state index in [-0.39, 0.29) is 17.9 Å². The number of rotatable bonds is 7. The molecule has 0 saturated heterocycles. The van der Waals surface area contributed by atoms with E-state index in [0.717, 1.165) is 16.3 Å². The van der Waals surface area contributed by atoms with Crippen LogP contribution in [0.1, 0.15) is 20.8 Å². The van der Waals surface area contributed by atoms with E-state index >= 15 is 0 Å². The van der Waals surface area contributed by atoms with Gasteiger partial charge in [0.15, 0.2) is 0 Å². The van der Waals surface area contributed by atoms with E-state index in [1.807, 2.05) is 75.6 Å². The Bertz CT molecular complexity index is 658. The molecule has 0 heterocycles. The quantitative estimate of drug-likeness (QED) is 0.668. The number of anilines is 2. The Kier molecular flexibility index (Phi) is 6.88. The molecule has 0 aromatic heterocycles. The highest BCUT2D eigenvalue weighted by molar-refractivity contribution is 7.98. The second-order valence-corrected chi connectivity index (χ2v) is 6.73. The second kappa shape index (κ2) is 8.90. The number of benzene rings is 2. The minimum absolute atomic E-state index is 0.0309. The van der Waals surface area contributed by atoms with Crippen molar-refractivity contribution in [3.63, 3.8) is 0 Å². The van der Waals surface area contributed by atoms with Crippen LogP contribution < -0.4 is 4.90 Å². The highest BCUT2D eigenvalue weighted by Gasteiger charge is 2.25. The lowest BCUT2D eigenvalue weighted by atomic mass is 10.1. The smallest absolute Gasteiger partial charge is 0.236 e. The molecule has 127 valence electrons. The molecular formula is C20H24NO2S. The lowest BCUT2D eigenvalue weighted by Gasteiger charge is -2.28. The van der Waals surface area contributed by atoms with Crippen molar-refractivity contribution in [2.45, 2.75) is 31.8 Å². The van der Waals surface area contributed by atoms with Crippen LogP contribution in [0.4, 0.5) is 11.4 Å². The van der Waals surface area contributed by atoms with Crippen molar-refractivity contribution >= 4 is 29.0 Å². The summed E-state index contributed by atoms with van der Waals surface area (Å²) < 4.78 is 5.64. The van der Waals surface area contributed by atoms with Crippen molar-refractivity contribution in [3.05, 3.63) is 54.6 Å². The summed E-state index contributed by atoms with van der Waals surface area (Å²) in [6, 6.07) is 18.4. The van der Waals surface area contributed by atoms with Crippen molar-refractivity contribution in [2.75, 3.05) is 17.8 Å². The van der Waals surface area contributed by atoms with Crippen molar-refractivity contribution in [1.82, 2.24) is 0 Å². The largest absolute Gasteiger partial charge is 0.378 e. The minimum atomic E-state index is -0.230. The van der Waals surface area contributed by atoms with Gasteiger partial charge in [0.1, 0.15) is 0 Å². The fourth-order valence-electron chi connectivity index (χ4n) is 2.36. The van der Waals surface area contributed by atoms with Crippen LogP contribution in [-0.4, -0.2) is 24.9 Å². The molecule has 3 nitrogen and oxygen atoms in total. The van der Waals surface area contributed by atoms with E-state index in [9.17, 15) is 4.79 Å². The monoisotopic (exact) mass is 342 g/mol. The fourth-order valence-corrected chi connectivity index (χ4v) is 2.94. The molecule has 0 saturated carbocycles. The maximum atomic E-state index is 13.2. The van der Waals surface area contributed by atoms with Gasteiger partial charge in [0.25, 0.3) is 0 Å². The van der Waals surface area contributed by atoms with Crippen LogP contribution in [0.2, 0.25) is 0 Å². The third-order valence-corrected chi connectivity index (χ3v) is 4.39. The lowest BCUT2D eigenvalue weighted by Crippen LogP contribution is -2.34. The SMILES string of the molecule is CSc1ccccc1N(C(=O)C(C)COC(C)C)c1cc[c]cc1. The fraction of sp³-hybridized carbons (Fsp3) is 0.350. The summed E-state index contributed by atoms with van der Waals surface area (Å²) in [6.45, 7) is 6.28. The molecule has 1 amide bonds. The predicted octanol–water partition coefficient (Wildman–Crippen LogP) is 4.93. The van der Waals surface area contributed by atoms with E-state index in [1.54, 1.807) is 16.7 Å². The summed E-state index contributed by atoms with van der Waals surface area (Å²) in [4.78, 5) is 16.0. The number of para-hydroxylation sites is 1. The first-order chi connectivity index (χ1) is 11.5. The zero-order valence-electron chi connectivity index (χ0n) is 14.7. The van der Waals surface area contributed by atoms with E-state index in [2.05, 4.69) is 6.07 Å². The number of nitrogens with zero attached hydrogens (tertiary/aromatic N) is 1. The number of amides is 1. The van der Waals surface area contributed by atoms with Crippen LogP contribution in [0.3, 0.4) is 0 Å². The molecule has 2 aromatic carbocycles. The summed E-state index contributed by atoms with van der Waals surface area (Å²) in [5.41, 5.74) is 1.74. The summed E-state index contributed by atoms with van der Waals surface area (Å²) in [7, 11) is 0. The van der Waals surface area contributed by atoms with E-state index in [4.69, 9.17) is 4.74 Å². The van der Waals surface area contributed by atoms with Gasteiger partial charge in [-0.1, -0.05) is 31.2 Å². The topological polar surface area (TPSA) is 29.5 Å². The zero-order valence-corrected chi connectivity index (χ0v) is 15.5. The molecule has 1 unspecified atom stereocenters. The maximum Gasteiger partial charge on any atom is 0.236 e. The Morgan fingerprint density at radius 2 is 1.83 bits per heavy atom. The maximum absolute atomic E-state index is 13.2. The molecule has 0 bridgehead atoms. The third kappa shape index (κ3) is 4.62. The number of hydrogen-bond donors (Lipinski definition) is 0. The van der Waals surface area contributed by atoms with Gasteiger partial charge in [-0.15, -0.1) is 11.8 Å². The van der Waals surface area contributed by atoms with E-state index < -0.39 is 0 Å².